The molecule has 0 spiro atoms. The molecule has 1 aromatic rings. The highest BCUT2D eigenvalue weighted by Crippen LogP contribution is 2.16. The molecule has 0 heterocycles. The maximum Gasteiger partial charge on any atom is 0.178 e. The molecular formula is C16H27NO2S. The summed E-state index contributed by atoms with van der Waals surface area (Å²) in [5, 5.41) is 3.33. The lowest BCUT2D eigenvalue weighted by Crippen LogP contribution is -2.06. The summed E-state index contributed by atoms with van der Waals surface area (Å²) < 4.78 is 23.8. The zero-order chi connectivity index (χ0) is 15.0. The standard InChI is InChI=1S/C16H27NO2S/c1-4-13-20(18,19)16-10-8-15(9-11-16)17-12-6-5-7-14(2)3/h8-11,14,17H,4-7,12-13H2,1-3H3. The molecular weight excluding hydrogens is 270 g/mol. The summed E-state index contributed by atoms with van der Waals surface area (Å²) in [7, 11) is -3.09. The van der Waals surface area contributed by atoms with Crippen LogP contribution in [-0.2, 0) is 9.84 Å². The zero-order valence-electron chi connectivity index (χ0n) is 12.9. The molecule has 0 bridgehead atoms. The molecule has 0 amide bonds. The van der Waals surface area contributed by atoms with E-state index in [1.807, 2.05) is 19.1 Å². The quantitative estimate of drug-likeness (QED) is 0.698. The molecule has 114 valence electrons. The van der Waals surface area contributed by atoms with Gasteiger partial charge in [-0.05, 0) is 43.0 Å². The molecule has 0 aliphatic rings. The molecule has 20 heavy (non-hydrogen) atoms. The Hall–Kier alpha value is -1.03. The van der Waals surface area contributed by atoms with Gasteiger partial charge in [0.2, 0.25) is 0 Å². The first kappa shape index (κ1) is 17.0. The van der Waals surface area contributed by atoms with E-state index in [-0.39, 0.29) is 5.75 Å². The van der Waals surface area contributed by atoms with Crippen molar-refractivity contribution in [2.45, 2.75) is 51.3 Å². The molecule has 4 heteroatoms. The fourth-order valence-corrected chi connectivity index (χ4v) is 3.40. The Bertz CT molecular complexity index is 478. The Labute approximate surface area is 123 Å². The van der Waals surface area contributed by atoms with E-state index < -0.39 is 9.84 Å². The second-order valence-electron chi connectivity index (χ2n) is 5.66. The molecule has 3 nitrogen and oxygen atoms in total. The Morgan fingerprint density at radius 2 is 1.75 bits per heavy atom. The lowest BCUT2D eigenvalue weighted by Gasteiger charge is -2.08. The molecule has 0 fully saturated rings. The Kier molecular flexibility index (Phi) is 7.06. The number of benzene rings is 1. The summed E-state index contributed by atoms with van der Waals surface area (Å²) in [6, 6.07) is 7.10. The van der Waals surface area contributed by atoms with Gasteiger partial charge in [0, 0.05) is 12.2 Å². The zero-order valence-corrected chi connectivity index (χ0v) is 13.7. The van der Waals surface area contributed by atoms with Crippen molar-refractivity contribution in [1.29, 1.82) is 0 Å². The average molecular weight is 297 g/mol. The molecule has 1 N–H and O–H groups in total. The van der Waals surface area contributed by atoms with Crippen molar-refractivity contribution in [3.8, 4) is 0 Å². The third-order valence-corrected chi connectivity index (χ3v) is 5.16. The minimum atomic E-state index is -3.09. The van der Waals surface area contributed by atoms with Gasteiger partial charge in [0.25, 0.3) is 0 Å². The highest BCUT2D eigenvalue weighted by molar-refractivity contribution is 7.91. The summed E-state index contributed by atoms with van der Waals surface area (Å²) in [5.41, 5.74) is 0.991. The Morgan fingerprint density at radius 1 is 1.10 bits per heavy atom. The smallest absolute Gasteiger partial charge is 0.178 e. The highest BCUT2D eigenvalue weighted by Gasteiger charge is 2.12. The number of hydrogen-bond donors (Lipinski definition) is 1. The fraction of sp³-hybridized carbons (Fsp3) is 0.625. The van der Waals surface area contributed by atoms with Crippen LogP contribution >= 0.6 is 0 Å². The second-order valence-corrected chi connectivity index (χ2v) is 7.77. The van der Waals surface area contributed by atoms with Gasteiger partial charge in [-0.3, -0.25) is 0 Å². The van der Waals surface area contributed by atoms with Crippen molar-refractivity contribution >= 4 is 15.5 Å². The minimum absolute atomic E-state index is 0.217. The first-order valence-corrected chi connectivity index (χ1v) is 9.17. The molecule has 0 atom stereocenters. The number of hydrogen-bond acceptors (Lipinski definition) is 3. The van der Waals surface area contributed by atoms with E-state index >= 15 is 0 Å². The normalized spacial score (nSPS) is 11.8. The van der Waals surface area contributed by atoms with Gasteiger partial charge >= 0.3 is 0 Å². The summed E-state index contributed by atoms with van der Waals surface area (Å²) in [4.78, 5) is 0.421. The van der Waals surface area contributed by atoms with Crippen LogP contribution in [0.15, 0.2) is 29.2 Å². The predicted molar refractivity (Wildman–Crippen MR) is 86.0 cm³/mol. The maximum atomic E-state index is 11.9. The fourth-order valence-electron chi connectivity index (χ4n) is 2.08. The van der Waals surface area contributed by atoms with Crippen molar-refractivity contribution in [2.24, 2.45) is 5.92 Å². The van der Waals surface area contributed by atoms with Crippen molar-refractivity contribution in [2.75, 3.05) is 17.6 Å². The average Bonchev–Trinajstić information content (AvgIpc) is 2.38. The van der Waals surface area contributed by atoms with Crippen LogP contribution in [-0.4, -0.2) is 20.7 Å². The van der Waals surface area contributed by atoms with Crippen LogP contribution in [0, 0.1) is 5.92 Å². The molecule has 0 saturated carbocycles. The third kappa shape index (κ3) is 5.95. The molecule has 1 rings (SSSR count). The Morgan fingerprint density at radius 3 is 2.30 bits per heavy atom. The van der Waals surface area contributed by atoms with Crippen molar-refractivity contribution < 1.29 is 8.42 Å². The highest BCUT2D eigenvalue weighted by atomic mass is 32.2. The van der Waals surface area contributed by atoms with Gasteiger partial charge in [0.1, 0.15) is 0 Å². The molecule has 1 aromatic carbocycles. The predicted octanol–water partition coefficient (Wildman–Crippen LogP) is 4.11. The van der Waals surface area contributed by atoms with Crippen LogP contribution in [0.3, 0.4) is 0 Å². The summed E-state index contributed by atoms with van der Waals surface area (Å²) in [6.07, 6.45) is 4.29. The first-order chi connectivity index (χ1) is 9.45. The molecule has 0 aliphatic heterocycles. The maximum absolute atomic E-state index is 11.9. The monoisotopic (exact) mass is 297 g/mol. The van der Waals surface area contributed by atoms with E-state index in [1.54, 1.807) is 12.1 Å². The second kappa shape index (κ2) is 8.30. The van der Waals surface area contributed by atoms with E-state index in [4.69, 9.17) is 0 Å². The van der Waals surface area contributed by atoms with Gasteiger partial charge in [-0.25, -0.2) is 8.42 Å². The van der Waals surface area contributed by atoms with E-state index in [2.05, 4.69) is 19.2 Å². The first-order valence-electron chi connectivity index (χ1n) is 7.52. The van der Waals surface area contributed by atoms with Crippen molar-refractivity contribution in [1.82, 2.24) is 0 Å². The van der Waals surface area contributed by atoms with E-state index in [0.717, 1.165) is 24.6 Å². The van der Waals surface area contributed by atoms with E-state index in [9.17, 15) is 8.42 Å². The number of rotatable bonds is 9. The molecule has 0 aliphatic carbocycles. The SMILES string of the molecule is CCCS(=O)(=O)c1ccc(NCCCCC(C)C)cc1. The van der Waals surface area contributed by atoms with Gasteiger partial charge in [0.05, 0.1) is 10.6 Å². The topological polar surface area (TPSA) is 46.2 Å². The molecule has 0 saturated heterocycles. The van der Waals surface area contributed by atoms with Gasteiger partial charge in [-0.1, -0.05) is 33.6 Å². The number of nitrogens with one attached hydrogen (secondary N) is 1. The van der Waals surface area contributed by atoms with Gasteiger partial charge in [-0.2, -0.15) is 0 Å². The Balaban J connectivity index is 2.43. The number of unbranched alkanes of at least 4 members (excludes halogenated alkanes) is 1. The lowest BCUT2D eigenvalue weighted by molar-refractivity contribution is 0.545. The molecule has 0 aromatic heterocycles. The van der Waals surface area contributed by atoms with Crippen LogP contribution in [0.1, 0.15) is 46.5 Å². The minimum Gasteiger partial charge on any atom is -0.385 e. The van der Waals surface area contributed by atoms with Gasteiger partial charge in [-0.15, -0.1) is 0 Å². The van der Waals surface area contributed by atoms with Crippen LogP contribution in [0.2, 0.25) is 0 Å². The molecule has 0 radical (unpaired) electrons. The van der Waals surface area contributed by atoms with Crippen LogP contribution in [0.25, 0.3) is 0 Å². The van der Waals surface area contributed by atoms with Crippen LogP contribution in [0.5, 0.6) is 0 Å². The van der Waals surface area contributed by atoms with Crippen LogP contribution < -0.4 is 5.32 Å². The van der Waals surface area contributed by atoms with Gasteiger partial charge < -0.3 is 5.32 Å². The summed E-state index contributed by atoms with van der Waals surface area (Å²) in [6.45, 7) is 7.30. The number of sulfone groups is 1. The largest absolute Gasteiger partial charge is 0.385 e. The van der Waals surface area contributed by atoms with Crippen LogP contribution in [0.4, 0.5) is 5.69 Å². The molecule has 0 unspecified atom stereocenters. The van der Waals surface area contributed by atoms with Crippen molar-refractivity contribution in [3.05, 3.63) is 24.3 Å². The van der Waals surface area contributed by atoms with Crippen molar-refractivity contribution in [3.63, 3.8) is 0 Å². The summed E-state index contributed by atoms with van der Waals surface area (Å²) in [5.74, 6) is 0.979. The van der Waals surface area contributed by atoms with E-state index in [1.165, 1.54) is 12.8 Å². The number of anilines is 1. The third-order valence-electron chi connectivity index (χ3n) is 3.22. The van der Waals surface area contributed by atoms with Gasteiger partial charge in [0.15, 0.2) is 9.84 Å². The van der Waals surface area contributed by atoms with E-state index in [0.29, 0.717) is 11.3 Å². The summed E-state index contributed by atoms with van der Waals surface area (Å²) >= 11 is 0. The lowest BCUT2D eigenvalue weighted by atomic mass is 10.1.